The Hall–Kier alpha value is -3.02. The van der Waals surface area contributed by atoms with Crippen molar-refractivity contribution in [3.8, 4) is 5.75 Å². The first kappa shape index (κ1) is 19.3. The summed E-state index contributed by atoms with van der Waals surface area (Å²) in [6, 6.07) is 15.0. The fraction of sp³-hybridized carbons (Fsp3) is 0.300. The van der Waals surface area contributed by atoms with Crippen molar-refractivity contribution in [2.24, 2.45) is 0 Å². The van der Waals surface area contributed by atoms with Gasteiger partial charge in [-0.15, -0.1) is 0 Å². The number of carbonyl (C=O) groups is 2. The SMILES string of the molecule is COC(=O)c1cc(CNC(=O)NCCCc2ccccc2)ccc1OC. The van der Waals surface area contributed by atoms with Gasteiger partial charge >= 0.3 is 12.0 Å². The predicted octanol–water partition coefficient (Wildman–Crippen LogP) is 2.91. The summed E-state index contributed by atoms with van der Waals surface area (Å²) in [5.74, 6) is -0.0416. The second kappa shape index (κ2) is 10.1. The average molecular weight is 356 g/mol. The summed E-state index contributed by atoms with van der Waals surface area (Å²) < 4.78 is 9.89. The van der Waals surface area contributed by atoms with Gasteiger partial charge in [-0.05, 0) is 36.1 Å². The molecule has 2 aromatic carbocycles. The van der Waals surface area contributed by atoms with Gasteiger partial charge in [-0.1, -0.05) is 36.4 Å². The number of urea groups is 1. The summed E-state index contributed by atoms with van der Waals surface area (Å²) in [5.41, 5.74) is 2.37. The topological polar surface area (TPSA) is 76.7 Å². The zero-order chi connectivity index (χ0) is 18.8. The van der Waals surface area contributed by atoms with Crippen LogP contribution in [0, 0.1) is 0 Å². The highest BCUT2D eigenvalue weighted by molar-refractivity contribution is 5.92. The molecule has 0 saturated heterocycles. The lowest BCUT2D eigenvalue weighted by Crippen LogP contribution is -2.35. The van der Waals surface area contributed by atoms with E-state index in [1.807, 2.05) is 18.2 Å². The molecule has 6 heteroatoms. The maximum atomic E-state index is 11.9. The van der Waals surface area contributed by atoms with Crippen molar-refractivity contribution in [3.05, 3.63) is 65.2 Å². The Morgan fingerprint density at radius 2 is 1.73 bits per heavy atom. The van der Waals surface area contributed by atoms with E-state index in [2.05, 4.69) is 22.8 Å². The molecule has 6 nitrogen and oxygen atoms in total. The monoisotopic (exact) mass is 356 g/mol. The molecule has 2 amide bonds. The molecule has 0 aliphatic carbocycles. The molecule has 0 atom stereocenters. The summed E-state index contributed by atoms with van der Waals surface area (Å²) in [5, 5.41) is 5.60. The number of ether oxygens (including phenoxy) is 2. The van der Waals surface area contributed by atoms with Gasteiger partial charge in [0, 0.05) is 13.1 Å². The molecule has 0 radical (unpaired) electrons. The van der Waals surface area contributed by atoms with Gasteiger partial charge in [0.05, 0.1) is 14.2 Å². The van der Waals surface area contributed by atoms with Crippen molar-refractivity contribution in [2.45, 2.75) is 19.4 Å². The molecule has 0 fully saturated rings. The van der Waals surface area contributed by atoms with Crippen molar-refractivity contribution in [1.82, 2.24) is 10.6 Å². The van der Waals surface area contributed by atoms with E-state index in [0.717, 1.165) is 18.4 Å². The standard InChI is InChI=1S/C20H24N2O4/c1-25-18-11-10-16(13-17(18)19(23)26-2)14-22-20(24)21-12-6-9-15-7-4-3-5-8-15/h3-5,7-8,10-11,13H,6,9,12,14H2,1-2H3,(H2,21,22,24). The van der Waals surface area contributed by atoms with E-state index in [9.17, 15) is 9.59 Å². The molecule has 0 unspecified atom stereocenters. The highest BCUT2D eigenvalue weighted by Crippen LogP contribution is 2.20. The van der Waals surface area contributed by atoms with Crippen molar-refractivity contribution in [2.75, 3.05) is 20.8 Å². The fourth-order valence-corrected chi connectivity index (χ4v) is 2.52. The molecule has 0 aromatic heterocycles. The molecule has 0 saturated carbocycles. The zero-order valence-corrected chi connectivity index (χ0v) is 15.1. The molecular formula is C20H24N2O4. The molecule has 138 valence electrons. The van der Waals surface area contributed by atoms with Crippen LogP contribution in [0.4, 0.5) is 4.79 Å². The molecule has 2 aromatic rings. The first-order valence-electron chi connectivity index (χ1n) is 8.45. The number of aryl methyl sites for hydroxylation is 1. The number of amides is 2. The van der Waals surface area contributed by atoms with Gasteiger partial charge < -0.3 is 20.1 Å². The van der Waals surface area contributed by atoms with Crippen molar-refractivity contribution in [3.63, 3.8) is 0 Å². The lowest BCUT2D eigenvalue weighted by Gasteiger charge is -2.11. The third kappa shape index (κ3) is 5.81. The molecule has 0 aliphatic rings. The van der Waals surface area contributed by atoms with E-state index in [1.54, 1.807) is 18.2 Å². The number of hydrogen-bond acceptors (Lipinski definition) is 4. The van der Waals surface area contributed by atoms with Gasteiger partial charge in [-0.2, -0.15) is 0 Å². The number of esters is 1. The third-order valence-corrected chi connectivity index (χ3v) is 3.89. The van der Waals surface area contributed by atoms with Crippen LogP contribution < -0.4 is 15.4 Å². The van der Waals surface area contributed by atoms with Crippen molar-refractivity contribution < 1.29 is 19.1 Å². The number of rotatable bonds is 8. The van der Waals surface area contributed by atoms with E-state index in [-0.39, 0.29) is 6.03 Å². The number of nitrogens with one attached hydrogen (secondary N) is 2. The number of hydrogen-bond donors (Lipinski definition) is 2. The second-order valence-electron chi connectivity index (χ2n) is 5.72. The van der Waals surface area contributed by atoms with E-state index in [1.165, 1.54) is 19.8 Å². The van der Waals surface area contributed by atoms with Gasteiger partial charge in [0.2, 0.25) is 0 Å². The van der Waals surface area contributed by atoms with Gasteiger partial charge in [0.15, 0.2) is 0 Å². The van der Waals surface area contributed by atoms with Crippen LogP contribution in [0.1, 0.15) is 27.9 Å². The Morgan fingerprint density at radius 1 is 0.962 bits per heavy atom. The van der Waals surface area contributed by atoms with Crippen molar-refractivity contribution >= 4 is 12.0 Å². The Morgan fingerprint density at radius 3 is 2.42 bits per heavy atom. The Bertz CT molecular complexity index is 732. The molecule has 0 bridgehead atoms. The minimum Gasteiger partial charge on any atom is -0.496 e. The maximum absolute atomic E-state index is 11.9. The molecule has 26 heavy (non-hydrogen) atoms. The number of methoxy groups -OCH3 is 2. The van der Waals surface area contributed by atoms with Gasteiger partial charge in [0.1, 0.15) is 11.3 Å². The zero-order valence-electron chi connectivity index (χ0n) is 15.1. The maximum Gasteiger partial charge on any atom is 0.341 e. The minimum atomic E-state index is -0.478. The first-order valence-corrected chi connectivity index (χ1v) is 8.45. The quantitative estimate of drug-likeness (QED) is 0.563. The van der Waals surface area contributed by atoms with Crippen molar-refractivity contribution in [1.29, 1.82) is 0 Å². The van der Waals surface area contributed by atoms with Gasteiger partial charge in [0.25, 0.3) is 0 Å². The van der Waals surface area contributed by atoms with E-state index >= 15 is 0 Å². The second-order valence-corrected chi connectivity index (χ2v) is 5.72. The summed E-state index contributed by atoms with van der Waals surface area (Å²) in [7, 11) is 2.80. The molecule has 0 spiro atoms. The molecule has 2 rings (SSSR count). The summed E-state index contributed by atoms with van der Waals surface area (Å²) in [6.45, 7) is 0.898. The molecule has 0 aliphatic heterocycles. The van der Waals surface area contributed by atoms with E-state index < -0.39 is 5.97 Å². The highest BCUT2D eigenvalue weighted by Gasteiger charge is 2.13. The Balaban J connectivity index is 1.77. The lowest BCUT2D eigenvalue weighted by atomic mass is 10.1. The Kier molecular flexibility index (Phi) is 7.49. The van der Waals surface area contributed by atoms with Crippen LogP contribution in [-0.2, 0) is 17.7 Å². The van der Waals surface area contributed by atoms with Crippen LogP contribution in [-0.4, -0.2) is 32.8 Å². The molecule has 2 N–H and O–H groups in total. The largest absolute Gasteiger partial charge is 0.496 e. The highest BCUT2D eigenvalue weighted by atomic mass is 16.5. The van der Waals surface area contributed by atoms with Crippen LogP contribution in [0.25, 0.3) is 0 Å². The summed E-state index contributed by atoms with van der Waals surface area (Å²) in [4.78, 5) is 23.7. The molecular weight excluding hydrogens is 332 g/mol. The van der Waals surface area contributed by atoms with Gasteiger partial charge in [-0.25, -0.2) is 9.59 Å². The Labute approximate surface area is 153 Å². The van der Waals surface area contributed by atoms with Crippen LogP contribution >= 0.6 is 0 Å². The van der Waals surface area contributed by atoms with E-state index in [0.29, 0.717) is 24.4 Å². The predicted molar refractivity (Wildman–Crippen MR) is 99.3 cm³/mol. The van der Waals surface area contributed by atoms with E-state index in [4.69, 9.17) is 9.47 Å². The van der Waals surface area contributed by atoms with Crippen LogP contribution in [0.5, 0.6) is 5.75 Å². The van der Waals surface area contributed by atoms with Gasteiger partial charge in [-0.3, -0.25) is 0 Å². The lowest BCUT2D eigenvalue weighted by molar-refractivity contribution is 0.0597. The van der Waals surface area contributed by atoms with Crippen LogP contribution in [0.2, 0.25) is 0 Å². The summed E-state index contributed by atoms with van der Waals surface area (Å²) in [6.07, 6.45) is 1.79. The van der Waals surface area contributed by atoms with Crippen LogP contribution in [0.3, 0.4) is 0 Å². The smallest absolute Gasteiger partial charge is 0.341 e. The number of benzene rings is 2. The van der Waals surface area contributed by atoms with Crippen LogP contribution in [0.15, 0.2) is 48.5 Å². The minimum absolute atomic E-state index is 0.242. The molecule has 0 heterocycles. The fourth-order valence-electron chi connectivity index (χ4n) is 2.52. The number of carbonyl (C=O) groups excluding carboxylic acids is 2. The third-order valence-electron chi connectivity index (χ3n) is 3.89. The normalized spacial score (nSPS) is 10.1. The first-order chi connectivity index (χ1) is 12.6. The summed E-state index contributed by atoms with van der Waals surface area (Å²) >= 11 is 0. The average Bonchev–Trinajstić information content (AvgIpc) is 2.69.